The van der Waals surface area contributed by atoms with Crippen LogP contribution in [0.4, 0.5) is 0 Å². The highest BCUT2D eigenvalue weighted by molar-refractivity contribution is 5.75. The topological polar surface area (TPSA) is 52.3 Å². The van der Waals surface area contributed by atoms with Gasteiger partial charge in [-0.2, -0.15) is 0 Å². The highest BCUT2D eigenvalue weighted by Gasteiger charge is 2.62. The number of nitrogens with two attached hydrogens (primary N) is 1. The predicted molar refractivity (Wildman–Crippen MR) is 76.6 cm³/mol. The quantitative estimate of drug-likeness (QED) is 0.778. The van der Waals surface area contributed by atoms with Crippen LogP contribution in [0, 0.1) is 16.7 Å². The van der Waals surface area contributed by atoms with E-state index in [4.69, 9.17) is 10.5 Å². The number of rotatable bonds is 5. The zero-order valence-electron chi connectivity index (χ0n) is 12.9. The van der Waals surface area contributed by atoms with Crippen molar-refractivity contribution in [2.24, 2.45) is 22.5 Å². The van der Waals surface area contributed by atoms with E-state index < -0.39 is 6.04 Å². The third-order valence-electron chi connectivity index (χ3n) is 6.14. The van der Waals surface area contributed by atoms with Crippen molar-refractivity contribution in [1.29, 1.82) is 0 Å². The summed E-state index contributed by atoms with van der Waals surface area (Å²) in [6, 6.07) is -0.439. The zero-order valence-corrected chi connectivity index (χ0v) is 12.9. The second-order valence-corrected chi connectivity index (χ2v) is 7.28. The molecule has 3 heteroatoms. The number of hydrogen-bond donors (Lipinski definition) is 1. The summed E-state index contributed by atoms with van der Waals surface area (Å²) in [7, 11) is 0. The minimum absolute atomic E-state index is 0.0708. The highest BCUT2D eigenvalue weighted by atomic mass is 16.5. The van der Waals surface area contributed by atoms with Gasteiger partial charge in [0.2, 0.25) is 0 Å². The molecule has 0 aromatic carbocycles. The molecule has 2 fully saturated rings. The molecule has 0 saturated heterocycles. The molecule has 0 aliphatic heterocycles. The van der Waals surface area contributed by atoms with E-state index in [2.05, 4.69) is 27.7 Å². The van der Waals surface area contributed by atoms with Crippen LogP contribution in [-0.4, -0.2) is 18.1 Å². The molecule has 2 rings (SSSR count). The van der Waals surface area contributed by atoms with Gasteiger partial charge in [0, 0.05) is 5.41 Å². The van der Waals surface area contributed by atoms with E-state index in [1.54, 1.807) is 0 Å². The molecule has 0 amide bonds. The number of carbonyl (C=O) groups excluding carboxylic acids is 1. The second-order valence-electron chi connectivity index (χ2n) is 7.28. The highest BCUT2D eigenvalue weighted by Crippen LogP contribution is 2.66. The zero-order chi connectivity index (χ0) is 14.3. The monoisotopic (exact) mass is 267 g/mol. The number of fused-ring (bicyclic) bond motifs is 2. The fourth-order valence-electron chi connectivity index (χ4n) is 4.08. The van der Waals surface area contributed by atoms with Crippen molar-refractivity contribution in [3.63, 3.8) is 0 Å². The van der Waals surface area contributed by atoms with Gasteiger partial charge in [-0.05, 0) is 37.0 Å². The maximum Gasteiger partial charge on any atom is 0.323 e. The molecule has 0 heterocycles. The lowest BCUT2D eigenvalue weighted by Gasteiger charge is -2.38. The van der Waals surface area contributed by atoms with Gasteiger partial charge in [0.15, 0.2) is 0 Å². The summed E-state index contributed by atoms with van der Waals surface area (Å²) in [5.41, 5.74) is 6.34. The van der Waals surface area contributed by atoms with Gasteiger partial charge in [0.25, 0.3) is 0 Å². The molecule has 3 nitrogen and oxygen atoms in total. The minimum Gasteiger partial charge on any atom is -0.461 e. The fraction of sp³-hybridized carbons (Fsp3) is 0.938. The Bertz CT molecular complexity index is 353. The van der Waals surface area contributed by atoms with Gasteiger partial charge >= 0.3 is 5.97 Å². The molecule has 2 aliphatic carbocycles. The summed E-state index contributed by atoms with van der Waals surface area (Å²) in [6.07, 6.45) is 6.35. The van der Waals surface area contributed by atoms with Gasteiger partial charge in [-0.3, -0.25) is 4.79 Å². The molecule has 2 aliphatic rings. The standard InChI is InChI=1S/C16H29NO2/c1-5-6-7-12(17)14(18)19-13-10-11-8-9-16(13,4)15(11,2)3/h11-13H,5-10,17H2,1-4H3. The predicted octanol–water partition coefficient (Wildman–Crippen LogP) is 3.26. The van der Waals surface area contributed by atoms with Gasteiger partial charge < -0.3 is 10.5 Å². The van der Waals surface area contributed by atoms with Crippen LogP contribution in [0.5, 0.6) is 0 Å². The Kier molecular flexibility index (Phi) is 3.97. The van der Waals surface area contributed by atoms with E-state index >= 15 is 0 Å². The van der Waals surface area contributed by atoms with Crippen LogP contribution >= 0.6 is 0 Å². The summed E-state index contributed by atoms with van der Waals surface area (Å²) >= 11 is 0. The first-order valence-electron chi connectivity index (χ1n) is 7.79. The average Bonchev–Trinajstić information content (AvgIpc) is 2.68. The molecule has 4 atom stereocenters. The van der Waals surface area contributed by atoms with Crippen molar-refractivity contribution in [3.8, 4) is 0 Å². The van der Waals surface area contributed by atoms with Gasteiger partial charge in [-0.15, -0.1) is 0 Å². The third-order valence-corrected chi connectivity index (χ3v) is 6.14. The summed E-state index contributed by atoms with van der Waals surface area (Å²) in [5.74, 6) is 0.505. The van der Waals surface area contributed by atoms with Gasteiger partial charge in [0.05, 0.1) is 0 Å². The number of hydrogen-bond acceptors (Lipinski definition) is 3. The van der Waals surface area contributed by atoms with Crippen LogP contribution in [0.1, 0.15) is 66.2 Å². The lowest BCUT2D eigenvalue weighted by Crippen LogP contribution is -2.42. The molecular weight excluding hydrogens is 238 g/mol. The third kappa shape index (κ3) is 2.31. The SMILES string of the molecule is CCCCC(N)C(=O)OC1CC2CCC1(C)C2(C)C. The number of esters is 1. The first kappa shape index (κ1) is 14.8. The van der Waals surface area contributed by atoms with Crippen molar-refractivity contribution < 1.29 is 9.53 Å². The molecule has 19 heavy (non-hydrogen) atoms. The number of carbonyl (C=O) groups is 1. The molecule has 2 bridgehead atoms. The van der Waals surface area contributed by atoms with Crippen LogP contribution in [0.2, 0.25) is 0 Å². The van der Waals surface area contributed by atoms with Gasteiger partial charge in [-0.1, -0.05) is 40.5 Å². The maximum absolute atomic E-state index is 12.1. The summed E-state index contributed by atoms with van der Waals surface area (Å²) in [6.45, 7) is 9.05. The van der Waals surface area contributed by atoms with E-state index in [-0.39, 0.29) is 22.9 Å². The summed E-state index contributed by atoms with van der Waals surface area (Å²) in [5, 5.41) is 0. The molecule has 2 saturated carbocycles. The Balaban J connectivity index is 1.96. The van der Waals surface area contributed by atoms with Gasteiger partial charge in [-0.25, -0.2) is 0 Å². The van der Waals surface area contributed by atoms with Crippen LogP contribution in [0.15, 0.2) is 0 Å². The lowest BCUT2D eigenvalue weighted by atomic mass is 9.70. The Morgan fingerprint density at radius 2 is 2.11 bits per heavy atom. The minimum atomic E-state index is -0.439. The Morgan fingerprint density at radius 3 is 2.58 bits per heavy atom. The van der Waals surface area contributed by atoms with E-state index in [1.165, 1.54) is 12.8 Å². The summed E-state index contributed by atoms with van der Waals surface area (Å²) < 4.78 is 5.78. The molecule has 0 aromatic heterocycles. The largest absolute Gasteiger partial charge is 0.461 e. The van der Waals surface area contributed by atoms with Crippen LogP contribution in [0.25, 0.3) is 0 Å². The van der Waals surface area contributed by atoms with E-state index in [9.17, 15) is 4.79 Å². The van der Waals surface area contributed by atoms with Crippen molar-refractivity contribution in [3.05, 3.63) is 0 Å². The second kappa shape index (κ2) is 5.08. The maximum atomic E-state index is 12.1. The van der Waals surface area contributed by atoms with E-state index in [0.29, 0.717) is 5.92 Å². The Morgan fingerprint density at radius 1 is 1.42 bits per heavy atom. The number of unbranched alkanes of at least 4 members (excludes halogenated alkanes) is 1. The Labute approximate surface area is 117 Å². The van der Waals surface area contributed by atoms with Crippen LogP contribution in [0.3, 0.4) is 0 Å². The molecule has 2 N–H and O–H groups in total. The number of ether oxygens (including phenoxy) is 1. The molecular formula is C16H29NO2. The fourth-order valence-corrected chi connectivity index (χ4v) is 4.08. The van der Waals surface area contributed by atoms with Crippen LogP contribution in [-0.2, 0) is 9.53 Å². The smallest absolute Gasteiger partial charge is 0.323 e. The molecule has 110 valence electrons. The van der Waals surface area contributed by atoms with Crippen molar-refractivity contribution in [1.82, 2.24) is 0 Å². The normalized spacial score (nSPS) is 37.3. The molecule has 4 unspecified atom stereocenters. The van der Waals surface area contributed by atoms with Crippen molar-refractivity contribution in [2.75, 3.05) is 0 Å². The van der Waals surface area contributed by atoms with E-state index in [1.807, 2.05) is 0 Å². The summed E-state index contributed by atoms with van der Waals surface area (Å²) in [4.78, 5) is 12.1. The van der Waals surface area contributed by atoms with Crippen molar-refractivity contribution >= 4 is 5.97 Å². The first-order valence-corrected chi connectivity index (χ1v) is 7.79. The Hall–Kier alpha value is -0.570. The average molecular weight is 267 g/mol. The van der Waals surface area contributed by atoms with Crippen LogP contribution < -0.4 is 5.73 Å². The lowest BCUT2D eigenvalue weighted by molar-refractivity contribution is -0.158. The molecule has 0 aromatic rings. The van der Waals surface area contributed by atoms with Crippen molar-refractivity contribution in [2.45, 2.75) is 78.4 Å². The van der Waals surface area contributed by atoms with E-state index in [0.717, 1.165) is 25.7 Å². The molecule has 0 radical (unpaired) electrons. The molecule has 0 spiro atoms. The van der Waals surface area contributed by atoms with Gasteiger partial charge in [0.1, 0.15) is 12.1 Å². The first-order chi connectivity index (χ1) is 8.83.